The van der Waals surface area contributed by atoms with Crippen LogP contribution < -0.4 is 9.47 Å². The van der Waals surface area contributed by atoms with Crippen molar-refractivity contribution in [2.75, 3.05) is 14.2 Å². The molecule has 0 saturated carbocycles. The minimum Gasteiger partial charge on any atom is -0.497 e. The minimum atomic E-state index is 0.0422. The zero-order valence-corrected chi connectivity index (χ0v) is 14.0. The first kappa shape index (κ1) is 15.2. The van der Waals surface area contributed by atoms with Crippen LogP contribution in [0.5, 0.6) is 11.5 Å². The number of methoxy groups -OCH3 is 2. The first-order chi connectivity index (χ1) is 9.56. The van der Waals surface area contributed by atoms with E-state index in [0.29, 0.717) is 0 Å². The highest BCUT2D eigenvalue weighted by atomic mass is 79.9. The van der Waals surface area contributed by atoms with E-state index in [-0.39, 0.29) is 4.83 Å². The van der Waals surface area contributed by atoms with Crippen LogP contribution >= 0.6 is 27.5 Å². The SMILES string of the molecule is COc1ccc(C(Br)c2ccc(Cl)cc2C)c(OC)c1. The van der Waals surface area contributed by atoms with Gasteiger partial charge in [-0.25, -0.2) is 0 Å². The van der Waals surface area contributed by atoms with Crippen LogP contribution in [-0.4, -0.2) is 14.2 Å². The van der Waals surface area contributed by atoms with Crippen molar-refractivity contribution in [3.8, 4) is 11.5 Å². The van der Waals surface area contributed by atoms with Gasteiger partial charge in [0.25, 0.3) is 0 Å². The van der Waals surface area contributed by atoms with Crippen LogP contribution in [0.15, 0.2) is 36.4 Å². The molecule has 4 heteroatoms. The van der Waals surface area contributed by atoms with E-state index in [1.807, 2.05) is 43.3 Å². The lowest BCUT2D eigenvalue weighted by molar-refractivity contribution is 0.391. The molecule has 0 aliphatic heterocycles. The molecule has 0 aliphatic rings. The Morgan fingerprint density at radius 1 is 1.00 bits per heavy atom. The summed E-state index contributed by atoms with van der Waals surface area (Å²) < 4.78 is 10.7. The Labute approximate surface area is 132 Å². The van der Waals surface area contributed by atoms with Crippen molar-refractivity contribution in [2.24, 2.45) is 0 Å². The van der Waals surface area contributed by atoms with Crippen LogP contribution in [0.3, 0.4) is 0 Å². The van der Waals surface area contributed by atoms with E-state index in [9.17, 15) is 0 Å². The lowest BCUT2D eigenvalue weighted by Crippen LogP contribution is -1.99. The molecular weight excluding hydrogens is 340 g/mol. The average Bonchev–Trinajstić information content (AvgIpc) is 2.46. The number of halogens is 2. The second kappa shape index (κ2) is 6.51. The summed E-state index contributed by atoms with van der Waals surface area (Å²) in [5.41, 5.74) is 3.36. The summed E-state index contributed by atoms with van der Waals surface area (Å²) in [6.07, 6.45) is 0. The van der Waals surface area contributed by atoms with Crippen molar-refractivity contribution in [3.05, 3.63) is 58.1 Å². The molecule has 2 aromatic carbocycles. The fraction of sp³-hybridized carbons (Fsp3) is 0.250. The predicted molar refractivity (Wildman–Crippen MR) is 86.5 cm³/mol. The maximum atomic E-state index is 6.01. The van der Waals surface area contributed by atoms with E-state index in [4.69, 9.17) is 21.1 Å². The Kier molecular flexibility index (Phi) is 4.95. The van der Waals surface area contributed by atoms with E-state index in [1.54, 1.807) is 14.2 Å². The van der Waals surface area contributed by atoms with Gasteiger partial charge in [-0.15, -0.1) is 0 Å². The van der Waals surface area contributed by atoms with Crippen molar-refractivity contribution in [1.29, 1.82) is 0 Å². The average molecular weight is 356 g/mol. The van der Waals surface area contributed by atoms with Gasteiger partial charge in [-0.3, -0.25) is 0 Å². The second-order valence-corrected chi connectivity index (χ2v) is 5.82. The Bertz CT molecular complexity index is 613. The highest BCUT2D eigenvalue weighted by Gasteiger charge is 2.17. The molecule has 1 unspecified atom stereocenters. The highest BCUT2D eigenvalue weighted by Crippen LogP contribution is 2.39. The fourth-order valence-electron chi connectivity index (χ4n) is 2.12. The topological polar surface area (TPSA) is 18.5 Å². The number of rotatable bonds is 4. The second-order valence-electron chi connectivity index (χ2n) is 4.47. The van der Waals surface area contributed by atoms with Gasteiger partial charge in [0.05, 0.1) is 19.0 Å². The van der Waals surface area contributed by atoms with Gasteiger partial charge >= 0.3 is 0 Å². The van der Waals surface area contributed by atoms with Gasteiger partial charge in [-0.2, -0.15) is 0 Å². The van der Waals surface area contributed by atoms with E-state index in [0.717, 1.165) is 33.2 Å². The number of aryl methyl sites for hydroxylation is 1. The molecule has 0 aliphatic carbocycles. The summed E-state index contributed by atoms with van der Waals surface area (Å²) in [4.78, 5) is 0.0422. The zero-order valence-electron chi connectivity index (χ0n) is 11.6. The van der Waals surface area contributed by atoms with Gasteiger partial charge in [-0.1, -0.05) is 39.7 Å². The summed E-state index contributed by atoms with van der Waals surface area (Å²) in [7, 11) is 3.30. The third-order valence-electron chi connectivity index (χ3n) is 3.22. The van der Waals surface area contributed by atoms with E-state index in [2.05, 4.69) is 15.9 Å². The molecule has 0 spiro atoms. The summed E-state index contributed by atoms with van der Waals surface area (Å²) in [5, 5.41) is 0.743. The van der Waals surface area contributed by atoms with Gasteiger partial charge in [0.2, 0.25) is 0 Å². The van der Waals surface area contributed by atoms with Crippen molar-refractivity contribution in [1.82, 2.24) is 0 Å². The molecule has 0 saturated heterocycles. The van der Waals surface area contributed by atoms with Crippen LogP contribution in [0.25, 0.3) is 0 Å². The molecule has 0 radical (unpaired) electrons. The van der Waals surface area contributed by atoms with Crippen LogP contribution in [0.4, 0.5) is 0 Å². The molecule has 2 nitrogen and oxygen atoms in total. The van der Waals surface area contributed by atoms with E-state index < -0.39 is 0 Å². The molecule has 1 atom stereocenters. The number of hydrogen-bond acceptors (Lipinski definition) is 2. The molecular formula is C16H16BrClO2. The molecule has 0 heterocycles. The number of hydrogen-bond donors (Lipinski definition) is 0. The molecule has 0 N–H and O–H groups in total. The zero-order chi connectivity index (χ0) is 14.7. The molecule has 20 heavy (non-hydrogen) atoms. The molecule has 0 amide bonds. The molecule has 0 bridgehead atoms. The predicted octanol–water partition coefficient (Wildman–Crippen LogP) is 5.15. The lowest BCUT2D eigenvalue weighted by atomic mass is 9.99. The van der Waals surface area contributed by atoms with Crippen LogP contribution in [0.2, 0.25) is 5.02 Å². The summed E-state index contributed by atoms with van der Waals surface area (Å²) in [6.45, 7) is 2.05. The van der Waals surface area contributed by atoms with Crippen molar-refractivity contribution < 1.29 is 9.47 Å². The first-order valence-electron chi connectivity index (χ1n) is 6.19. The summed E-state index contributed by atoms with van der Waals surface area (Å²) >= 11 is 9.75. The maximum Gasteiger partial charge on any atom is 0.127 e. The van der Waals surface area contributed by atoms with Gasteiger partial charge in [0.15, 0.2) is 0 Å². The number of benzene rings is 2. The number of alkyl halides is 1. The molecule has 0 aromatic heterocycles. The quantitative estimate of drug-likeness (QED) is 0.706. The van der Waals surface area contributed by atoms with E-state index in [1.165, 1.54) is 0 Å². The third-order valence-corrected chi connectivity index (χ3v) is 4.44. The summed E-state index contributed by atoms with van der Waals surface area (Å²) in [6, 6.07) is 11.7. The largest absolute Gasteiger partial charge is 0.497 e. The fourth-order valence-corrected chi connectivity index (χ4v) is 3.24. The van der Waals surface area contributed by atoms with Crippen molar-refractivity contribution >= 4 is 27.5 Å². The van der Waals surface area contributed by atoms with Crippen molar-refractivity contribution in [3.63, 3.8) is 0 Å². The Hall–Kier alpha value is -1.19. The molecule has 2 rings (SSSR count). The van der Waals surface area contributed by atoms with Crippen LogP contribution in [0.1, 0.15) is 21.5 Å². The third kappa shape index (κ3) is 3.10. The Balaban J connectivity index is 2.44. The first-order valence-corrected chi connectivity index (χ1v) is 7.48. The monoisotopic (exact) mass is 354 g/mol. The molecule has 2 aromatic rings. The van der Waals surface area contributed by atoms with Crippen LogP contribution in [-0.2, 0) is 0 Å². The van der Waals surface area contributed by atoms with E-state index >= 15 is 0 Å². The maximum absolute atomic E-state index is 6.01. The minimum absolute atomic E-state index is 0.0422. The van der Waals surface area contributed by atoms with Crippen molar-refractivity contribution in [2.45, 2.75) is 11.8 Å². The lowest BCUT2D eigenvalue weighted by Gasteiger charge is -2.17. The normalized spacial score (nSPS) is 12.1. The van der Waals surface area contributed by atoms with Gasteiger partial charge in [0, 0.05) is 16.7 Å². The highest BCUT2D eigenvalue weighted by molar-refractivity contribution is 9.09. The number of ether oxygens (including phenoxy) is 2. The molecule has 0 fully saturated rings. The Morgan fingerprint density at radius 2 is 1.70 bits per heavy atom. The smallest absolute Gasteiger partial charge is 0.127 e. The van der Waals surface area contributed by atoms with Gasteiger partial charge in [0.1, 0.15) is 11.5 Å². The molecule has 106 valence electrons. The van der Waals surface area contributed by atoms with Gasteiger partial charge < -0.3 is 9.47 Å². The Morgan fingerprint density at radius 3 is 2.30 bits per heavy atom. The standard InChI is InChI=1S/C16H16BrClO2/c1-10-8-11(18)4-6-13(10)16(17)14-7-5-12(19-2)9-15(14)20-3/h4-9,16H,1-3H3. The summed E-state index contributed by atoms with van der Waals surface area (Å²) in [5.74, 6) is 1.57. The van der Waals surface area contributed by atoms with Crippen LogP contribution in [0, 0.1) is 6.92 Å². The van der Waals surface area contributed by atoms with Gasteiger partial charge in [-0.05, 0) is 36.2 Å².